The van der Waals surface area contributed by atoms with Gasteiger partial charge in [-0.3, -0.25) is 4.79 Å². The number of carbonyl (C=O) groups is 1. The Balaban J connectivity index is 2.60. The number of benzene rings is 1. The first-order valence-corrected chi connectivity index (χ1v) is 5.02. The second-order valence-electron chi connectivity index (χ2n) is 3.42. The van der Waals surface area contributed by atoms with Crippen molar-refractivity contribution in [1.29, 1.82) is 0 Å². The highest BCUT2D eigenvalue weighted by Gasteiger charge is 2.04. The van der Waals surface area contributed by atoms with E-state index in [9.17, 15) is 4.79 Å². The fourth-order valence-corrected chi connectivity index (χ4v) is 1.21. The number of anilines is 2. The van der Waals surface area contributed by atoms with E-state index in [2.05, 4.69) is 5.32 Å². The number of nitrogen functional groups attached to an aromatic ring is 1. The van der Waals surface area contributed by atoms with Crippen molar-refractivity contribution in [2.75, 3.05) is 11.1 Å². The van der Waals surface area contributed by atoms with Crippen molar-refractivity contribution in [2.45, 2.75) is 26.2 Å². The molecule has 0 fully saturated rings. The van der Waals surface area contributed by atoms with Gasteiger partial charge in [-0.2, -0.15) is 0 Å². The first-order valence-electron chi connectivity index (χ1n) is 5.02. The fraction of sp³-hybridized carbons (Fsp3) is 0.364. The lowest BCUT2D eigenvalue weighted by molar-refractivity contribution is -0.116. The van der Waals surface area contributed by atoms with Gasteiger partial charge in [-0.15, -0.1) is 0 Å². The van der Waals surface area contributed by atoms with Gasteiger partial charge in [-0.05, 0) is 18.6 Å². The number of phenols is 1. The van der Waals surface area contributed by atoms with E-state index >= 15 is 0 Å². The van der Waals surface area contributed by atoms with Gasteiger partial charge in [0.15, 0.2) is 0 Å². The standard InChI is InChI=1S/C11H16N2O2/c1-2-3-4-11(15)13-10-6-5-8(14)7-9(10)12/h5-7,14H,2-4,12H2,1H3,(H,13,15). The summed E-state index contributed by atoms with van der Waals surface area (Å²) in [6.07, 6.45) is 2.35. The molecule has 0 unspecified atom stereocenters. The average molecular weight is 208 g/mol. The Kier molecular flexibility index (Phi) is 3.97. The van der Waals surface area contributed by atoms with Crippen LogP contribution in [0.2, 0.25) is 0 Å². The summed E-state index contributed by atoms with van der Waals surface area (Å²) >= 11 is 0. The van der Waals surface area contributed by atoms with Crippen molar-refractivity contribution in [3.63, 3.8) is 0 Å². The van der Waals surface area contributed by atoms with Crippen LogP contribution in [0.1, 0.15) is 26.2 Å². The molecule has 0 bridgehead atoms. The molecular weight excluding hydrogens is 192 g/mol. The van der Waals surface area contributed by atoms with Crippen molar-refractivity contribution in [3.8, 4) is 5.75 Å². The predicted octanol–water partition coefficient (Wildman–Crippen LogP) is 2.10. The van der Waals surface area contributed by atoms with Gasteiger partial charge in [0.2, 0.25) is 5.91 Å². The topological polar surface area (TPSA) is 75.3 Å². The monoisotopic (exact) mass is 208 g/mol. The van der Waals surface area contributed by atoms with Crippen LogP contribution in [-0.4, -0.2) is 11.0 Å². The van der Waals surface area contributed by atoms with Crippen LogP contribution in [0.3, 0.4) is 0 Å². The van der Waals surface area contributed by atoms with Crippen LogP contribution in [0.15, 0.2) is 18.2 Å². The summed E-state index contributed by atoms with van der Waals surface area (Å²) in [6.45, 7) is 2.03. The third kappa shape index (κ3) is 3.50. The fourth-order valence-electron chi connectivity index (χ4n) is 1.21. The summed E-state index contributed by atoms with van der Waals surface area (Å²) in [6, 6.07) is 4.50. The van der Waals surface area contributed by atoms with Gasteiger partial charge in [-0.25, -0.2) is 0 Å². The molecule has 0 aliphatic heterocycles. The zero-order chi connectivity index (χ0) is 11.3. The largest absolute Gasteiger partial charge is 0.508 e. The quantitative estimate of drug-likeness (QED) is 0.524. The molecule has 0 saturated heterocycles. The zero-order valence-electron chi connectivity index (χ0n) is 8.79. The van der Waals surface area contributed by atoms with E-state index in [1.165, 1.54) is 12.1 Å². The summed E-state index contributed by atoms with van der Waals surface area (Å²) in [5, 5.41) is 11.8. The second kappa shape index (κ2) is 5.24. The third-order valence-electron chi connectivity index (χ3n) is 2.07. The molecule has 4 heteroatoms. The minimum Gasteiger partial charge on any atom is -0.508 e. The summed E-state index contributed by atoms with van der Waals surface area (Å²) in [5.41, 5.74) is 6.55. The van der Waals surface area contributed by atoms with Gasteiger partial charge in [0.05, 0.1) is 11.4 Å². The Labute approximate surface area is 89.1 Å². The van der Waals surface area contributed by atoms with Gasteiger partial charge >= 0.3 is 0 Å². The van der Waals surface area contributed by atoms with Gasteiger partial charge in [0, 0.05) is 12.5 Å². The van der Waals surface area contributed by atoms with Crippen molar-refractivity contribution in [1.82, 2.24) is 0 Å². The normalized spacial score (nSPS) is 9.93. The number of amides is 1. The number of phenolic OH excluding ortho intramolecular Hbond substituents is 1. The lowest BCUT2D eigenvalue weighted by Crippen LogP contribution is -2.12. The van der Waals surface area contributed by atoms with Crippen LogP contribution in [0.4, 0.5) is 11.4 Å². The van der Waals surface area contributed by atoms with Crippen LogP contribution in [0.25, 0.3) is 0 Å². The number of unbranched alkanes of at least 4 members (excludes halogenated alkanes) is 1. The van der Waals surface area contributed by atoms with Crippen LogP contribution in [0.5, 0.6) is 5.75 Å². The molecule has 82 valence electrons. The van der Waals surface area contributed by atoms with Gasteiger partial charge < -0.3 is 16.2 Å². The molecule has 0 aliphatic carbocycles. The highest BCUT2D eigenvalue weighted by Crippen LogP contribution is 2.23. The smallest absolute Gasteiger partial charge is 0.224 e. The van der Waals surface area contributed by atoms with E-state index in [1.54, 1.807) is 6.07 Å². The van der Waals surface area contributed by atoms with Crippen LogP contribution in [0, 0.1) is 0 Å². The second-order valence-corrected chi connectivity index (χ2v) is 3.42. The Morgan fingerprint density at radius 2 is 2.27 bits per heavy atom. The third-order valence-corrected chi connectivity index (χ3v) is 2.07. The summed E-state index contributed by atoms with van der Waals surface area (Å²) < 4.78 is 0. The average Bonchev–Trinajstić information content (AvgIpc) is 2.19. The van der Waals surface area contributed by atoms with E-state index < -0.39 is 0 Å². The van der Waals surface area contributed by atoms with Crippen molar-refractivity contribution < 1.29 is 9.90 Å². The molecule has 0 radical (unpaired) electrons. The van der Waals surface area contributed by atoms with Crippen LogP contribution in [-0.2, 0) is 4.79 Å². The Hall–Kier alpha value is -1.71. The molecule has 0 aromatic heterocycles. The first kappa shape index (κ1) is 11.4. The molecule has 0 saturated carbocycles. The molecule has 1 aromatic rings. The molecule has 1 aromatic carbocycles. The molecule has 0 heterocycles. The van der Waals surface area contributed by atoms with E-state index in [-0.39, 0.29) is 11.7 Å². The lowest BCUT2D eigenvalue weighted by Gasteiger charge is -2.07. The summed E-state index contributed by atoms with van der Waals surface area (Å²) in [4.78, 5) is 11.4. The number of rotatable bonds is 4. The maximum atomic E-state index is 11.4. The van der Waals surface area contributed by atoms with Crippen molar-refractivity contribution >= 4 is 17.3 Å². The van der Waals surface area contributed by atoms with Crippen molar-refractivity contribution in [2.24, 2.45) is 0 Å². The first-order chi connectivity index (χ1) is 7.13. The minimum absolute atomic E-state index is 0.0470. The summed E-state index contributed by atoms with van der Waals surface area (Å²) in [5.74, 6) is 0.0493. The Morgan fingerprint density at radius 1 is 1.53 bits per heavy atom. The summed E-state index contributed by atoms with van der Waals surface area (Å²) in [7, 11) is 0. The molecule has 1 rings (SSSR count). The van der Waals surface area contributed by atoms with E-state index in [0.29, 0.717) is 17.8 Å². The predicted molar refractivity (Wildman–Crippen MR) is 60.7 cm³/mol. The Bertz CT molecular complexity index is 350. The van der Waals surface area contributed by atoms with E-state index in [0.717, 1.165) is 12.8 Å². The molecule has 0 aliphatic rings. The Morgan fingerprint density at radius 3 is 2.87 bits per heavy atom. The molecule has 0 atom stereocenters. The lowest BCUT2D eigenvalue weighted by atomic mass is 10.2. The highest BCUT2D eigenvalue weighted by molar-refractivity contribution is 5.93. The number of nitrogens with one attached hydrogen (secondary N) is 1. The molecule has 15 heavy (non-hydrogen) atoms. The maximum Gasteiger partial charge on any atom is 0.224 e. The van der Waals surface area contributed by atoms with Gasteiger partial charge in [0.1, 0.15) is 5.75 Å². The molecule has 1 amide bonds. The van der Waals surface area contributed by atoms with Gasteiger partial charge in [-0.1, -0.05) is 13.3 Å². The number of hydrogen-bond acceptors (Lipinski definition) is 3. The van der Waals surface area contributed by atoms with Crippen LogP contribution >= 0.6 is 0 Å². The van der Waals surface area contributed by atoms with Gasteiger partial charge in [0.25, 0.3) is 0 Å². The maximum absolute atomic E-state index is 11.4. The van der Waals surface area contributed by atoms with E-state index in [1.807, 2.05) is 6.92 Å². The number of hydrogen-bond donors (Lipinski definition) is 3. The number of aromatic hydroxyl groups is 1. The number of carbonyl (C=O) groups excluding carboxylic acids is 1. The SMILES string of the molecule is CCCCC(=O)Nc1ccc(O)cc1N. The van der Waals surface area contributed by atoms with Crippen LogP contribution < -0.4 is 11.1 Å². The molecule has 4 nitrogen and oxygen atoms in total. The molecule has 4 N–H and O–H groups in total. The van der Waals surface area contributed by atoms with Crippen molar-refractivity contribution in [3.05, 3.63) is 18.2 Å². The molecular formula is C11H16N2O2. The van der Waals surface area contributed by atoms with E-state index in [4.69, 9.17) is 10.8 Å². The highest BCUT2D eigenvalue weighted by atomic mass is 16.3. The zero-order valence-corrected chi connectivity index (χ0v) is 8.79. The number of nitrogens with two attached hydrogens (primary N) is 1. The minimum atomic E-state index is -0.0470. The molecule has 0 spiro atoms.